The Morgan fingerprint density at radius 1 is 0.920 bits per heavy atom. The summed E-state index contributed by atoms with van der Waals surface area (Å²) in [6.45, 7) is 2.00. The molecule has 0 saturated carbocycles. The lowest BCUT2D eigenvalue weighted by Gasteiger charge is -2.18. The van der Waals surface area contributed by atoms with Crippen LogP contribution in [0, 0.1) is 0 Å². The molecule has 3 aromatic carbocycles. The number of rotatable bonds is 3. The van der Waals surface area contributed by atoms with Gasteiger partial charge in [-0.3, -0.25) is 0 Å². The first-order chi connectivity index (χ1) is 12.2. The number of benzene rings is 3. The molecule has 0 fully saturated rings. The van der Waals surface area contributed by atoms with Crippen molar-refractivity contribution in [3.63, 3.8) is 0 Å². The normalized spacial score (nSPS) is 14.7. The van der Waals surface area contributed by atoms with Gasteiger partial charge in [-0.05, 0) is 64.8 Å². The topological polar surface area (TPSA) is 29.5 Å². The third-order valence-corrected chi connectivity index (χ3v) is 5.07. The summed E-state index contributed by atoms with van der Waals surface area (Å²) in [6.07, 6.45) is 6.37. The van der Waals surface area contributed by atoms with Gasteiger partial charge in [-0.25, -0.2) is 0 Å². The lowest BCUT2D eigenvalue weighted by atomic mass is 9.86. The molecule has 25 heavy (non-hydrogen) atoms. The highest BCUT2D eigenvalue weighted by Gasteiger charge is 2.13. The Morgan fingerprint density at radius 2 is 1.68 bits per heavy atom. The van der Waals surface area contributed by atoms with Gasteiger partial charge in [0, 0.05) is 7.11 Å². The minimum absolute atomic E-state index is 0.551. The van der Waals surface area contributed by atoms with Crippen LogP contribution in [0.1, 0.15) is 43.7 Å². The molecule has 132 valence electrons. The molecule has 1 aliphatic carbocycles. The van der Waals surface area contributed by atoms with Gasteiger partial charge in [-0.1, -0.05) is 61.9 Å². The molecule has 0 aliphatic heterocycles. The van der Waals surface area contributed by atoms with Gasteiger partial charge < -0.3 is 9.84 Å². The van der Waals surface area contributed by atoms with Gasteiger partial charge in [-0.15, -0.1) is 0 Å². The van der Waals surface area contributed by atoms with Gasteiger partial charge in [0.2, 0.25) is 0 Å². The maximum absolute atomic E-state index is 8.64. The molecule has 1 N–H and O–H groups in total. The van der Waals surface area contributed by atoms with Crippen molar-refractivity contribution in [3.05, 3.63) is 59.7 Å². The number of ether oxygens (including phenoxy) is 1. The Morgan fingerprint density at radius 3 is 2.44 bits per heavy atom. The highest BCUT2D eigenvalue weighted by atomic mass is 16.6. The van der Waals surface area contributed by atoms with Gasteiger partial charge in [0.25, 0.3) is 0 Å². The van der Waals surface area contributed by atoms with Crippen molar-refractivity contribution in [1.29, 1.82) is 0 Å². The lowest BCUT2D eigenvalue weighted by molar-refractivity contribution is -0.0783. The molecule has 0 radical (unpaired) electrons. The second-order valence-electron chi connectivity index (χ2n) is 6.77. The molecule has 2 heteroatoms. The molecular weight excluding hydrogens is 308 g/mol. The minimum Gasteiger partial charge on any atom is -0.368 e. The van der Waals surface area contributed by atoms with Crippen molar-refractivity contribution in [2.45, 2.75) is 51.7 Å². The molecule has 0 amide bonds. The second-order valence-corrected chi connectivity index (χ2v) is 6.77. The van der Waals surface area contributed by atoms with E-state index in [1.54, 1.807) is 11.1 Å². The van der Waals surface area contributed by atoms with Gasteiger partial charge in [0.05, 0.1) is 0 Å². The van der Waals surface area contributed by atoms with Crippen LogP contribution in [-0.2, 0) is 17.6 Å². The van der Waals surface area contributed by atoms with E-state index in [0.29, 0.717) is 0 Å². The molecule has 0 saturated heterocycles. The average Bonchev–Trinajstić information content (AvgIpc) is 2.68. The van der Waals surface area contributed by atoms with Gasteiger partial charge >= 0.3 is 0 Å². The highest BCUT2D eigenvalue weighted by molar-refractivity contribution is 6.08. The molecule has 3 aromatic rings. The van der Waals surface area contributed by atoms with Crippen molar-refractivity contribution in [3.8, 4) is 0 Å². The molecule has 0 aromatic heterocycles. The van der Waals surface area contributed by atoms with Crippen LogP contribution in [0.3, 0.4) is 0 Å². The van der Waals surface area contributed by atoms with E-state index in [-0.39, 0.29) is 0 Å². The van der Waals surface area contributed by atoms with Crippen LogP contribution in [0.2, 0.25) is 0 Å². The number of aliphatic hydroxyl groups is 1. The standard InChI is InChI=1S/C18H16.C5H12O2/c1-3-7-15-13(5-1)9-11-18-16-8-4-2-6-14(16)10-12-17(15)18;1-3-4-5(6)7-2/h1,3,5,7,9-12H,2,4,6,8H2;5-6H,3-4H2,1-2H3. The second kappa shape index (κ2) is 8.46. The molecule has 0 spiro atoms. The Labute approximate surface area is 150 Å². The van der Waals surface area contributed by atoms with Gasteiger partial charge in [0.1, 0.15) is 0 Å². The fourth-order valence-electron chi connectivity index (χ4n) is 3.71. The van der Waals surface area contributed by atoms with Crippen LogP contribution in [0.5, 0.6) is 0 Å². The molecule has 0 bridgehead atoms. The fourth-order valence-corrected chi connectivity index (χ4v) is 3.71. The monoisotopic (exact) mass is 336 g/mol. The SMILES string of the molecule is CCCC(O)OC.c1ccc2c(c1)ccc1c3c(ccc12)CCCC3. The van der Waals surface area contributed by atoms with Crippen molar-refractivity contribution >= 4 is 21.5 Å². The van der Waals surface area contributed by atoms with E-state index in [4.69, 9.17) is 5.11 Å². The predicted molar refractivity (Wildman–Crippen MR) is 106 cm³/mol. The van der Waals surface area contributed by atoms with Crippen molar-refractivity contribution in [2.24, 2.45) is 0 Å². The smallest absolute Gasteiger partial charge is 0.154 e. The third-order valence-electron chi connectivity index (χ3n) is 5.07. The number of methoxy groups -OCH3 is 1. The Hall–Kier alpha value is -1.90. The lowest BCUT2D eigenvalue weighted by Crippen LogP contribution is -2.06. The summed E-state index contributed by atoms with van der Waals surface area (Å²) >= 11 is 0. The summed E-state index contributed by atoms with van der Waals surface area (Å²) < 4.78 is 4.55. The Bertz CT molecular complexity index is 838. The summed E-state index contributed by atoms with van der Waals surface area (Å²) in [4.78, 5) is 0. The van der Waals surface area contributed by atoms with E-state index in [9.17, 15) is 0 Å². The number of fused-ring (bicyclic) bond motifs is 5. The van der Waals surface area contributed by atoms with Gasteiger partial charge in [-0.2, -0.15) is 0 Å². The summed E-state index contributed by atoms with van der Waals surface area (Å²) in [5.41, 5.74) is 3.17. The minimum atomic E-state index is -0.551. The number of hydrogen-bond donors (Lipinski definition) is 1. The van der Waals surface area contributed by atoms with Crippen LogP contribution >= 0.6 is 0 Å². The predicted octanol–water partition coefficient (Wildman–Crippen LogP) is 5.62. The van der Waals surface area contributed by atoms with Crippen molar-refractivity contribution in [2.75, 3.05) is 7.11 Å². The van der Waals surface area contributed by atoms with Crippen molar-refractivity contribution in [1.82, 2.24) is 0 Å². The van der Waals surface area contributed by atoms with E-state index >= 15 is 0 Å². The third kappa shape index (κ3) is 4.02. The zero-order valence-electron chi connectivity index (χ0n) is 15.3. The van der Waals surface area contributed by atoms with Crippen LogP contribution < -0.4 is 0 Å². The average molecular weight is 336 g/mol. The van der Waals surface area contributed by atoms with E-state index in [1.807, 2.05) is 6.92 Å². The number of hydrogen-bond acceptors (Lipinski definition) is 2. The maximum atomic E-state index is 8.64. The van der Waals surface area contributed by atoms with Crippen molar-refractivity contribution < 1.29 is 9.84 Å². The van der Waals surface area contributed by atoms with E-state index in [1.165, 1.54) is 54.3 Å². The maximum Gasteiger partial charge on any atom is 0.154 e. The number of aryl methyl sites for hydroxylation is 2. The molecule has 1 unspecified atom stereocenters. The summed E-state index contributed by atoms with van der Waals surface area (Å²) in [5, 5.41) is 14.3. The Kier molecular flexibility index (Phi) is 6.06. The first-order valence-corrected chi connectivity index (χ1v) is 9.37. The van der Waals surface area contributed by atoms with Crippen LogP contribution in [0.25, 0.3) is 21.5 Å². The fraction of sp³-hybridized carbons (Fsp3) is 0.391. The largest absolute Gasteiger partial charge is 0.368 e. The highest BCUT2D eigenvalue weighted by Crippen LogP contribution is 2.33. The van der Waals surface area contributed by atoms with E-state index in [0.717, 1.165) is 12.8 Å². The van der Waals surface area contributed by atoms with Crippen LogP contribution in [0.4, 0.5) is 0 Å². The quantitative estimate of drug-likeness (QED) is 0.496. The first kappa shape index (κ1) is 17.9. The molecule has 4 rings (SSSR count). The molecule has 1 atom stereocenters. The summed E-state index contributed by atoms with van der Waals surface area (Å²) in [5.74, 6) is 0. The Balaban J connectivity index is 0.000000225. The molecular formula is C23H28O2. The molecule has 2 nitrogen and oxygen atoms in total. The van der Waals surface area contributed by atoms with Gasteiger partial charge in [0.15, 0.2) is 6.29 Å². The molecule has 0 heterocycles. The van der Waals surface area contributed by atoms with Crippen LogP contribution in [0.15, 0.2) is 48.5 Å². The van der Waals surface area contributed by atoms with E-state index < -0.39 is 6.29 Å². The number of aliphatic hydroxyl groups excluding tert-OH is 1. The zero-order valence-corrected chi connectivity index (χ0v) is 15.3. The molecule has 1 aliphatic rings. The summed E-state index contributed by atoms with van der Waals surface area (Å²) in [6, 6.07) is 18.0. The summed E-state index contributed by atoms with van der Waals surface area (Å²) in [7, 11) is 1.50. The first-order valence-electron chi connectivity index (χ1n) is 9.37. The zero-order chi connectivity index (χ0) is 17.6. The van der Waals surface area contributed by atoms with E-state index in [2.05, 4.69) is 53.3 Å². The van der Waals surface area contributed by atoms with Crippen LogP contribution in [-0.4, -0.2) is 18.5 Å².